The van der Waals surface area contributed by atoms with Crippen LogP contribution in [0.5, 0.6) is 0 Å². The normalized spacial score (nSPS) is 12.6. The molecule has 1 N–H and O–H groups in total. The fourth-order valence-corrected chi connectivity index (χ4v) is 6.66. The van der Waals surface area contributed by atoms with Gasteiger partial charge < -0.3 is 10.2 Å². The molecule has 11 heteroatoms. The number of carbonyl (C=O) groups excluding carboxylic acids is 2. The topological polar surface area (TPSA) is 86.8 Å². The molecule has 4 rings (SSSR count). The van der Waals surface area contributed by atoms with Gasteiger partial charge in [-0.25, -0.2) is 8.42 Å². The molecule has 4 aromatic rings. The van der Waals surface area contributed by atoms with Gasteiger partial charge in [-0.3, -0.25) is 13.9 Å². The first-order valence-corrected chi connectivity index (χ1v) is 17.4. The van der Waals surface area contributed by atoms with Crippen LogP contribution in [0.15, 0.2) is 112 Å². The predicted octanol–water partition coefficient (Wildman–Crippen LogP) is 7.51. The molecule has 7 nitrogen and oxygen atoms in total. The monoisotopic (exact) mass is 729 g/mol. The van der Waals surface area contributed by atoms with Gasteiger partial charge in [0.1, 0.15) is 12.6 Å². The molecule has 45 heavy (non-hydrogen) atoms. The van der Waals surface area contributed by atoms with Crippen molar-refractivity contribution in [2.75, 3.05) is 10.8 Å². The van der Waals surface area contributed by atoms with Gasteiger partial charge in [0, 0.05) is 33.5 Å². The van der Waals surface area contributed by atoms with E-state index in [0.29, 0.717) is 16.5 Å². The summed E-state index contributed by atoms with van der Waals surface area (Å²) in [5.74, 6) is -0.885. The van der Waals surface area contributed by atoms with Crippen molar-refractivity contribution in [3.05, 3.63) is 129 Å². The summed E-state index contributed by atoms with van der Waals surface area (Å²) in [6.45, 7) is 3.36. The Morgan fingerprint density at radius 2 is 1.51 bits per heavy atom. The Morgan fingerprint density at radius 1 is 0.844 bits per heavy atom. The first-order chi connectivity index (χ1) is 21.5. The molecule has 0 spiro atoms. The highest BCUT2D eigenvalue weighted by Gasteiger charge is 2.35. The van der Waals surface area contributed by atoms with E-state index in [2.05, 4.69) is 21.2 Å². The molecular formula is C34H34BrCl2N3O4S. The Hall–Kier alpha value is -3.37. The molecule has 2 atom stereocenters. The lowest BCUT2D eigenvalue weighted by Crippen LogP contribution is -2.54. The zero-order valence-corrected chi connectivity index (χ0v) is 28.8. The van der Waals surface area contributed by atoms with Crippen LogP contribution >= 0.6 is 39.1 Å². The standard InChI is InChI=1S/C34H34BrCl2N3O4S/c1-3-24(2)38-34(42)32(20-25-8-5-4-6-9-25)39(22-26-12-14-27(35)15-13-26)33(41)23-40(30-11-7-10-29(37)21-30)45(43,44)31-18-16-28(36)17-19-31/h4-19,21,24,32H,3,20,22-23H2,1-2H3,(H,38,42)/t24-,32+/m1/s1. The van der Waals surface area contributed by atoms with Crippen molar-refractivity contribution in [3.8, 4) is 0 Å². The zero-order chi connectivity index (χ0) is 32.6. The summed E-state index contributed by atoms with van der Waals surface area (Å²) in [5.41, 5.74) is 1.84. The van der Waals surface area contributed by atoms with Crippen LogP contribution < -0.4 is 9.62 Å². The second-order valence-corrected chi connectivity index (χ2v) is 14.3. The summed E-state index contributed by atoms with van der Waals surface area (Å²) in [5, 5.41) is 3.71. The van der Waals surface area contributed by atoms with E-state index < -0.39 is 28.5 Å². The lowest BCUT2D eigenvalue weighted by molar-refractivity contribution is -0.140. The van der Waals surface area contributed by atoms with Gasteiger partial charge in [0.2, 0.25) is 11.8 Å². The fourth-order valence-electron chi connectivity index (χ4n) is 4.68. The highest BCUT2D eigenvalue weighted by molar-refractivity contribution is 9.10. The van der Waals surface area contributed by atoms with Crippen molar-refractivity contribution in [1.82, 2.24) is 10.2 Å². The van der Waals surface area contributed by atoms with Crippen LogP contribution in [-0.2, 0) is 32.6 Å². The molecule has 0 heterocycles. The molecule has 4 aromatic carbocycles. The van der Waals surface area contributed by atoms with Crippen LogP contribution in [0.25, 0.3) is 0 Å². The summed E-state index contributed by atoms with van der Waals surface area (Å²) in [6, 6.07) is 27.8. The van der Waals surface area contributed by atoms with Gasteiger partial charge in [-0.05, 0) is 79.1 Å². The third-order valence-electron chi connectivity index (χ3n) is 7.31. The van der Waals surface area contributed by atoms with Crippen molar-refractivity contribution < 1.29 is 18.0 Å². The van der Waals surface area contributed by atoms with Crippen LogP contribution in [0.2, 0.25) is 10.0 Å². The molecule has 0 fully saturated rings. The summed E-state index contributed by atoms with van der Waals surface area (Å²) >= 11 is 15.8. The van der Waals surface area contributed by atoms with Crippen LogP contribution in [0.4, 0.5) is 5.69 Å². The van der Waals surface area contributed by atoms with E-state index in [9.17, 15) is 18.0 Å². The molecule has 0 radical (unpaired) electrons. The van der Waals surface area contributed by atoms with Gasteiger partial charge in [0.25, 0.3) is 10.0 Å². The highest BCUT2D eigenvalue weighted by Crippen LogP contribution is 2.28. The Kier molecular flexibility index (Phi) is 12.1. The first-order valence-electron chi connectivity index (χ1n) is 14.4. The largest absolute Gasteiger partial charge is 0.352 e. The summed E-state index contributed by atoms with van der Waals surface area (Å²) in [6.07, 6.45) is 0.929. The van der Waals surface area contributed by atoms with Gasteiger partial charge in [0.05, 0.1) is 10.6 Å². The molecule has 0 bridgehead atoms. The van der Waals surface area contributed by atoms with Gasteiger partial charge in [-0.1, -0.05) is 94.6 Å². The number of rotatable bonds is 13. The smallest absolute Gasteiger partial charge is 0.264 e. The lowest BCUT2D eigenvalue weighted by atomic mass is 10.0. The minimum Gasteiger partial charge on any atom is -0.352 e. The zero-order valence-electron chi connectivity index (χ0n) is 24.9. The van der Waals surface area contributed by atoms with Crippen LogP contribution in [0.3, 0.4) is 0 Å². The quantitative estimate of drug-likeness (QED) is 0.154. The van der Waals surface area contributed by atoms with Crippen molar-refractivity contribution in [2.24, 2.45) is 0 Å². The average Bonchev–Trinajstić information content (AvgIpc) is 3.02. The Labute approximate surface area is 283 Å². The van der Waals surface area contributed by atoms with E-state index in [-0.39, 0.29) is 35.5 Å². The first kappa shape index (κ1) is 34.5. The minimum absolute atomic E-state index is 0.0468. The number of sulfonamides is 1. The molecule has 2 amide bonds. The summed E-state index contributed by atoms with van der Waals surface area (Å²) in [7, 11) is -4.26. The Morgan fingerprint density at radius 3 is 2.13 bits per heavy atom. The fraction of sp³-hybridized carbons (Fsp3) is 0.235. The van der Waals surface area contributed by atoms with E-state index in [1.165, 1.54) is 35.2 Å². The van der Waals surface area contributed by atoms with Crippen LogP contribution in [0.1, 0.15) is 31.4 Å². The van der Waals surface area contributed by atoms with E-state index in [1.54, 1.807) is 18.2 Å². The van der Waals surface area contributed by atoms with Gasteiger partial charge in [0.15, 0.2) is 0 Å². The third kappa shape index (κ3) is 9.33. The second-order valence-electron chi connectivity index (χ2n) is 10.6. The number of hydrogen-bond donors (Lipinski definition) is 1. The Balaban J connectivity index is 1.80. The Bertz CT molecular complexity index is 1710. The van der Waals surface area contributed by atoms with E-state index in [4.69, 9.17) is 23.2 Å². The highest BCUT2D eigenvalue weighted by atomic mass is 79.9. The number of amides is 2. The predicted molar refractivity (Wildman–Crippen MR) is 184 cm³/mol. The molecule has 236 valence electrons. The number of anilines is 1. The van der Waals surface area contributed by atoms with Crippen LogP contribution in [-0.4, -0.2) is 43.8 Å². The van der Waals surface area contributed by atoms with Crippen molar-refractivity contribution in [3.63, 3.8) is 0 Å². The number of nitrogens with one attached hydrogen (secondary N) is 1. The molecule has 0 saturated heterocycles. The van der Waals surface area contributed by atoms with Gasteiger partial charge in [-0.2, -0.15) is 0 Å². The summed E-state index contributed by atoms with van der Waals surface area (Å²) < 4.78 is 30.0. The second kappa shape index (κ2) is 15.8. The number of nitrogens with zero attached hydrogens (tertiary/aromatic N) is 2. The SMILES string of the molecule is CC[C@@H](C)NC(=O)[C@H](Cc1ccccc1)N(Cc1ccc(Br)cc1)C(=O)CN(c1cccc(Cl)c1)S(=O)(=O)c1ccc(Cl)cc1. The number of benzene rings is 4. The molecule has 0 unspecified atom stereocenters. The molecule has 0 aliphatic heterocycles. The van der Waals surface area contributed by atoms with Crippen molar-refractivity contribution in [2.45, 2.75) is 50.2 Å². The third-order valence-corrected chi connectivity index (χ3v) is 10.1. The molecule has 0 aromatic heterocycles. The van der Waals surface area contributed by atoms with Crippen LogP contribution in [0, 0.1) is 0 Å². The van der Waals surface area contributed by atoms with E-state index in [0.717, 1.165) is 19.9 Å². The maximum absolute atomic E-state index is 14.5. The molecular weight excluding hydrogens is 697 g/mol. The lowest BCUT2D eigenvalue weighted by Gasteiger charge is -2.34. The molecule has 0 aliphatic carbocycles. The maximum atomic E-state index is 14.5. The number of hydrogen-bond acceptors (Lipinski definition) is 4. The molecule has 0 aliphatic rings. The maximum Gasteiger partial charge on any atom is 0.264 e. The van der Waals surface area contributed by atoms with E-state index in [1.807, 2.05) is 68.4 Å². The minimum atomic E-state index is -4.26. The van der Waals surface area contributed by atoms with Gasteiger partial charge in [-0.15, -0.1) is 0 Å². The van der Waals surface area contributed by atoms with Crippen molar-refractivity contribution >= 4 is 66.7 Å². The number of carbonyl (C=O) groups is 2. The van der Waals surface area contributed by atoms with Crippen molar-refractivity contribution in [1.29, 1.82) is 0 Å². The van der Waals surface area contributed by atoms with Gasteiger partial charge >= 0.3 is 0 Å². The average molecular weight is 732 g/mol. The molecule has 0 saturated carbocycles. The number of halogens is 3. The summed E-state index contributed by atoms with van der Waals surface area (Å²) in [4.78, 5) is 29.8. The van der Waals surface area contributed by atoms with E-state index >= 15 is 0 Å².